The molecule has 0 amide bonds. The summed E-state index contributed by atoms with van der Waals surface area (Å²) in [6, 6.07) is 9.48. The second-order valence-corrected chi connectivity index (χ2v) is 4.01. The Labute approximate surface area is 104 Å². The van der Waals surface area contributed by atoms with E-state index < -0.39 is 0 Å². The number of nitrogens with two attached hydrogens (primary N) is 2. The van der Waals surface area contributed by atoms with E-state index in [1.54, 1.807) is 0 Å². The summed E-state index contributed by atoms with van der Waals surface area (Å²) in [7, 11) is 0. The Bertz CT molecular complexity index is 599. The minimum atomic E-state index is 0.264. The van der Waals surface area contributed by atoms with E-state index in [1.165, 1.54) is 0 Å². The van der Waals surface area contributed by atoms with Crippen LogP contribution < -0.4 is 20.9 Å². The van der Waals surface area contributed by atoms with Crippen LogP contribution in [-0.4, -0.2) is 11.8 Å². The van der Waals surface area contributed by atoms with Gasteiger partial charge in [-0.15, -0.1) is 0 Å². The molecule has 1 aromatic heterocycles. The van der Waals surface area contributed by atoms with Crippen LogP contribution in [0, 0.1) is 0 Å². The van der Waals surface area contributed by atoms with Gasteiger partial charge in [0.1, 0.15) is 5.82 Å². The van der Waals surface area contributed by atoms with Crippen molar-refractivity contribution in [3.63, 3.8) is 0 Å². The van der Waals surface area contributed by atoms with E-state index in [9.17, 15) is 0 Å². The summed E-state index contributed by atoms with van der Waals surface area (Å²) in [5, 5.41) is 0. The van der Waals surface area contributed by atoms with Gasteiger partial charge in [0, 0.05) is 17.7 Å². The molecule has 1 aliphatic rings. The number of hydrogen-bond donors (Lipinski definition) is 2. The van der Waals surface area contributed by atoms with Crippen LogP contribution in [0.1, 0.15) is 5.56 Å². The van der Waals surface area contributed by atoms with Crippen molar-refractivity contribution in [3.05, 3.63) is 35.9 Å². The van der Waals surface area contributed by atoms with E-state index >= 15 is 0 Å². The molecule has 4 N–H and O–H groups in total. The zero-order chi connectivity index (χ0) is 12.5. The first kappa shape index (κ1) is 10.9. The lowest BCUT2D eigenvalue weighted by Crippen LogP contribution is -2.03. The lowest BCUT2D eigenvalue weighted by Gasteiger charge is -2.06. The molecular formula is C13H13N3O2. The number of nitrogens with zero attached hydrogens (tertiary/aromatic N) is 1. The number of nitrogen functional groups attached to an aromatic ring is 1. The van der Waals surface area contributed by atoms with Crippen molar-refractivity contribution in [2.24, 2.45) is 5.73 Å². The van der Waals surface area contributed by atoms with Crippen molar-refractivity contribution >= 4 is 5.82 Å². The topological polar surface area (TPSA) is 83.4 Å². The van der Waals surface area contributed by atoms with Crippen LogP contribution in [0.5, 0.6) is 11.5 Å². The third-order valence-electron chi connectivity index (χ3n) is 2.90. The summed E-state index contributed by atoms with van der Waals surface area (Å²) in [6.07, 6.45) is 0. The van der Waals surface area contributed by atoms with Crippen molar-refractivity contribution in [1.82, 2.24) is 4.98 Å². The second-order valence-electron chi connectivity index (χ2n) is 4.01. The van der Waals surface area contributed by atoms with Crippen LogP contribution in [0.2, 0.25) is 0 Å². The average molecular weight is 243 g/mol. The maximum absolute atomic E-state index is 5.83. The molecule has 0 saturated carbocycles. The van der Waals surface area contributed by atoms with E-state index in [0.29, 0.717) is 12.4 Å². The molecule has 0 aliphatic carbocycles. The Morgan fingerprint density at radius 2 is 1.94 bits per heavy atom. The first-order valence-corrected chi connectivity index (χ1v) is 5.63. The molecule has 1 aromatic carbocycles. The number of ether oxygens (including phenoxy) is 2. The van der Waals surface area contributed by atoms with Gasteiger partial charge in [-0.1, -0.05) is 6.07 Å². The quantitative estimate of drug-likeness (QED) is 0.835. The molecule has 0 atom stereocenters. The van der Waals surface area contributed by atoms with Gasteiger partial charge < -0.3 is 20.9 Å². The van der Waals surface area contributed by atoms with Gasteiger partial charge in [0.15, 0.2) is 11.5 Å². The van der Waals surface area contributed by atoms with Crippen molar-refractivity contribution in [1.29, 1.82) is 0 Å². The Morgan fingerprint density at radius 1 is 1.11 bits per heavy atom. The van der Waals surface area contributed by atoms with Gasteiger partial charge in [-0.3, -0.25) is 0 Å². The van der Waals surface area contributed by atoms with Crippen molar-refractivity contribution in [3.8, 4) is 22.8 Å². The summed E-state index contributed by atoms with van der Waals surface area (Å²) in [4.78, 5) is 4.34. The van der Waals surface area contributed by atoms with Gasteiger partial charge in [-0.25, -0.2) is 4.98 Å². The molecule has 0 fully saturated rings. The Hall–Kier alpha value is -2.27. The van der Waals surface area contributed by atoms with Crippen molar-refractivity contribution < 1.29 is 9.47 Å². The van der Waals surface area contributed by atoms with Gasteiger partial charge in [0.2, 0.25) is 6.79 Å². The molecule has 2 heterocycles. The molecule has 18 heavy (non-hydrogen) atoms. The monoisotopic (exact) mass is 243 g/mol. The predicted octanol–water partition coefficient (Wildman–Crippen LogP) is 1.52. The molecular weight excluding hydrogens is 230 g/mol. The van der Waals surface area contributed by atoms with Gasteiger partial charge in [-0.05, 0) is 24.3 Å². The number of rotatable bonds is 2. The first-order chi connectivity index (χ1) is 8.78. The lowest BCUT2D eigenvalue weighted by molar-refractivity contribution is 0.174. The van der Waals surface area contributed by atoms with Crippen LogP contribution in [0.4, 0.5) is 5.82 Å². The molecule has 5 heteroatoms. The van der Waals surface area contributed by atoms with Crippen molar-refractivity contribution in [2.75, 3.05) is 12.5 Å². The van der Waals surface area contributed by atoms with E-state index in [2.05, 4.69) is 4.98 Å². The molecule has 0 radical (unpaired) electrons. The molecule has 0 spiro atoms. The highest BCUT2D eigenvalue weighted by molar-refractivity contribution is 5.66. The predicted molar refractivity (Wildman–Crippen MR) is 68.1 cm³/mol. The minimum Gasteiger partial charge on any atom is -0.454 e. The molecule has 1 aliphatic heterocycles. The highest BCUT2D eigenvalue weighted by atomic mass is 16.7. The minimum absolute atomic E-state index is 0.264. The van der Waals surface area contributed by atoms with Crippen molar-refractivity contribution in [2.45, 2.75) is 6.54 Å². The number of fused-ring (bicyclic) bond motifs is 1. The number of pyridine rings is 1. The fourth-order valence-corrected chi connectivity index (χ4v) is 1.89. The summed E-state index contributed by atoms with van der Waals surface area (Å²) in [5.41, 5.74) is 14.0. The number of anilines is 1. The fraction of sp³-hybridized carbons (Fsp3) is 0.154. The smallest absolute Gasteiger partial charge is 0.231 e. The normalized spacial score (nSPS) is 12.7. The highest BCUT2D eigenvalue weighted by Crippen LogP contribution is 2.35. The van der Waals surface area contributed by atoms with E-state index in [0.717, 1.165) is 28.3 Å². The summed E-state index contributed by atoms with van der Waals surface area (Å²) in [5.74, 6) is 1.95. The Kier molecular flexibility index (Phi) is 2.53. The summed E-state index contributed by atoms with van der Waals surface area (Å²) >= 11 is 0. The number of benzene rings is 1. The Balaban J connectivity index is 2.02. The number of hydrogen-bond acceptors (Lipinski definition) is 5. The maximum atomic E-state index is 5.83. The fourth-order valence-electron chi connectivity index (χ4n) is 1.89. The van der Waals surface area contributed by atoms with Crippen LogP contribution >= 0.6 is 0 Å². The highest BCUT2D eigenvalue weighted by Gasteiger charge is 2.14. The third-order valence-corrected chi connectivity index (χ3v) is 2.90. The first-order valence-electron chi connectivity index (χ1n) is 5.63. The SMILES string of the molecule is NCc1ccc(-c2ccc3c(c2)OCO3)nc1N. The van der Waals surface area contributed by atoms with Crippen LogP contribution in [0.15, 0.2) is 30.3 Å². The lowest BCUT2D eigenvalue weighted by atomic mass is 10.1. The standard InChI is InChI=1S/C13H13N3O2/c14-6-9-1-3-10(16-13(9)15)8-2-4-11-12(5-8)18-7-17-11/h1-5H,6-7,14H2,(H2,15,16). The van der Waals surface area contributed by atoms with Gasteiger partial charge in [-0.2, -0.15) is 0 Å². The van der Waals surface area contributed by atoms with E-state index in [4.69, 9.17) is 20.9 Å². The zero-order valence-corrected chi connectivity index (χ0v) is 9.72. The third kappa shape index (κ3) is 1.74. The van der Waals surface area contributed by atoms with Gasteiger partial charge in [0.05, 0.1) is 5.69 Å². The average Bonchev–Trinajstić information content (AvgIpc) is 2.85. The molecule has 0 unspecified atom stereocenters. The second kappa shape index (κ2) is 4.19. The van der Waals surface area contributed by atoms with E-state index in [-0.39, 0.29) is 6.79 Å². The molecule has 3 rings (SSSR count). The number of aromatic nitrogens is 1. The van der Waals surface area contributed by atoms with E-state index in [1.807, 2.05) is 30.3 Å². The zero-order valence-electron chi connectivity index (χ0n) is 9.72. The van der Waals surface area contributed by atoms with Crippen LogP contribution in [-0.2, 0) is 6.54 Å². The maximum Gasteiger partial charge on any atom is 0.231 e. The summed E-state index contributed by atoms with van der Waals surface area (Å²) in [6.45, 7) is 0.653. The molecule has 0 bridgehead atoms. The molecule has 0 saturated heterocycles. The molecule has 2 aromatic rings. The summed E-state index contributed by atoms with van der Waals surface area (Å²) < 4.78 is 10.6. The molecule has 5 nitrogen and oxygen atoms in total. The van der Waals surface area contributed by atoms with Gasteiger partial charge >= 0.3 is 0 Å². The molecule has 92 valence electrons. The van der Waals surface area contributed by atoms with Gasteiger partial charge in [0.25, 0.3) is 0 Å². The largest absolute Gasteiger partial charge is 0.454 e. The van der Waals surface area contributed by atoms with Crippen LogP contribution in [0.3, 0.4) is 0 Å². The van der Waals surface area contributed by atoms with Crippen LogP contribution in [0.25, 0.3) is 11.3 Å². The Morgan fingerprint density at radius 3 is 2.72 bits per heavy atom.